The Balaban J connectivity index is 1.68. The second-order valence-corrected chi connectivity index (χ2v) is 5.54. The van der Waals surface area contributed by atoms with Crippen LogP contribution >= 0.6 is 11.6 Å². The fraction of sp³-hybridized carbons (Fsp3) is 0.176. The lowest BCUT2D eigenvalue weighted by Crippen LogP contribution is -2.18. The summed E-state index contributed by atoms with van der Waals surface area (Å²) < 4.78 is 2.00. The summed E-state index contributed by atoms with van der Waals surface area (Å²) in [6.45, 7) is 2.90. The first-order chi connectivity index (χ1) is 10.7. The molecule has 1 unspecified atom stereocenters. The lowest BCUT2D eigenvalue weighted by atomic mass is 10.1. The van der Waals surface area contributed by atoms with Gasteiger partial charge < -0.3 is 9.88 Å². The first-order valence-corrected chi connectivity index (χ1v) is 7.52. The topological polar surface area (TPSA) is 42.7 Å². The molecule has 2 aromatic heterocycles. The highest BCUT2D eigenvalue weighted by atomic mass is 35.5. The average Bonchev–Trinajstić information content (AvgIpc) is 3.09. The first-order valence-electron chi connectivity index (χ1n) is 7.14. The van der Waals surface area contributed by atoms with Gasteiger partial charge in [-0.1, -0.05) is 29.8 Å². The Hall–Kier alpha value is -2.17. The van der Waals surface area contributed by atoms with Gasteiger partial charge in [-0.15, -0.1) is 0 Å². The monoisotopic (exact) mass is 312 g/mol. The first kappa shape index (κ1) is 14.8. The molecular formula is C17H17ClN4. The minimum absolute atomic E-state index is 0.235. The Morgan fingerprint density at radius 3 is 2.91 bits per heavy atom. The van der Waals surface area contributed by atoms with Gasteiger partial charge in [-0.05, 0) is 36.2 Å². The molecule has 5 heteroatoms. The Kier molecular flexibility index (Phi) is 4.51. The third kappa shape index (κ3) is 3.53. The molecule has 112 valence electrons. The molecule has 0 aliphatic rings. The van der Waals surface area contributed by atoms with Gasteiger partial charge in [0, 0.05) is 36.9 Å². The largest absolute Gasteiger partial charge is 0.306 e. The molecule has 0 saturated heterocycles. The molecule has 0 aliphatic heterocycles. The maximum atomic E-state index is 5.80. The highest BCUT2D eigenvalue weighted by Crippen LogP contribution is 2.17. The van der Waals surface area contributed by atoms with Crippen LogP contribution < -0.4 is 5.32 Å². The molecule has 22 heavy (non-hydrogen) atoms. The third-order valence-electron chi connectivity index (χ3n) is 3.57. The Labute approximate surface area is 134 Å². The number of nitrogens with zero attached hydrogens (tertiary/aromatic N) is 3. The van der Waals surface area contributed by atoms with Gasteiger partial charge in [0.25, 0.3) is 0 Å². The van der Waals surface area contributed by atoms with Crippen molar-refractivity contribution in [2.75, 3.05) is 0 Å². The summed E-state index contributed by atoms with van der Waals surface area (Å²) in [5.41, 5.74) is 3.45. The molecule has 4 nitrogen and oxygen atoms in total. The zero-order valence-electron chi connectivity index (χ0n) is 12.3. The van der Waals surface area contributed by atoms with Crippen molar-refractivity contribution in [3.63, 3.8) is 0 Å². The molecule has 0 spiro atoms. The van der Waals surface area contributed by atoms with E-state index in [-0.39, 0.29) is 6.04 Å². The van der Waals surface area contributed by atoms with Gasteiger partial charge in [0.2, 0.25) is 0 Å². The third-order valence-corrected chi connectivity index (χ3v) is 3.80. The predicted molar refractivity (Wildman–Crippen MR) is 88.1 cm³/mol. The highest BCUT2D eigenvalue weighted by molar-refractivity contribution is 6.29. The van der Waals surface area contributed by atoms with E-state index in [1.54, 1.807) is 18.7 Å². The number of benzene rings is 1. The van der Waals surface area contributed by atoms with Gasteiger partial charge in [-0.2, -0.15) is 0 Å². The summed E-state index contributed by atoms with van der Waals surface area (Å²) in [6, 6.07) is 12.4. The SMILES string of the molecule is CC(NCc1ccc(Cl)nc1)c1cccc(-n2ccnc2)c1. The molecule has 0 bridgehead atoms. The lowest BCUT2D eigenvalue weighted by molar-refractivity contribution is 0.573. The van der Waals surface area contributed by atoms with Crippen LogP contribution in [0.2, 0.25) is 5.15 Å². The Bertz CT molecular complexity index is 723. The van der Waals surface area contributed by atoms with E-state index in [9.17, 15) is 0 Å². The van der Waals surface area contributed by atoms with Crippen LogP contribution in [0, 0.1) is 0 Å². The molecule has 3 rings (SSSR count). The molecule has 1 aromatic carbocycles. The maximum Gasteiger partial charge on any atom is 0.129 e. The van der Waals surface area contributed by atoms with Crippen molar-refractivity contribution >= 4 is 11.6 Å². The predicted octanol–water partition coefficient (Wildman–Crippen LogP) is 3.77. The van der Waals surface area contributed by atoms with Crippen LogP contribution in [-0.2, 0) is 6.54 Å². The molecule has 1 N–H and O–H groups in total. The standard InChI is InChI=1S/C17H17ClN4/c1-13(20-10-14-5-6-17(18)21-11-14)15-3-2-4-16(9-15)22-8-7-19-12-22/h2-9,11-13,20H,10H2,1H3. The number of nitrogens with one attached hydrogen (secondary N) is 1. The minimum atomic E-state index is 0.235. The molecule has 0 aliphatic carbocycles. The van der Waals surface area contributed by atoms with Crippen molar-refractivity contribution in [2.45, 2.75) is 19.5 Å². The number of hydrogen-bond donors (Lipinski definition) is 1. The fourth-order valence-corrected chi connectivity index (χ4v) is 2.38. The van der Waals surface area contributed by atoms with E-state index in [1.807, 2.05) is 22.9 Å². The maximum absolute atomic E-state index is 5.80. The smallest absolute Gasteiger partial charge is 0.129 e. The van der Waals surface area contributed by atoms with E-state index in [0.717, 1.165) is 17.8 Å². The quantitative estimate of drug-likeness (QED) is 0.729. The Morgan fingerprint density at radius 2 is 2.18 bits per heavy atom. The number of imidazole rings is 1. The summed E-state index contributed by atoms with van der Waals surface area (Å²) in [6.07, 6.45) is 7.32. The number of pyridine rings is 1. The summed E-state index contributed by atoms with van der Waals surface area (Å²) in [7, 11) is 0. The lowest BCUT2D eigenvalue weighted by Gasteiger charge is -2.15. The molecule has 1 atom stereocenters. The van der Waals surface area contributed by atoms with Crippen molar-refractivity contribution in [2.24, 2.45) is 0 Å². The zero-order chi connectivity index (χ0) is 15.4. The van der Waals surface area contributed by atoms with Crippen LogP contribution in [0.3, 0.4) is 0 Å². The van der Waals surface area contributed by atoms with E-state index in [1.165, 1.54) is 5.56 Å². The molecule has 3 aromatic rings. The van der Waals surface area contributed by atoms with Crippen molar-refractivity contribution in [3.05, 3.63) is 77.6 Å². The van der Waals surface area contributed by atoms with E-state index in [0.29, 0.717) is 5.15 Å². The van der Waals surface area contributed by atoms with Crippen molar-refractivity contribution in [1.82, 2.24) is 19.9 Å². The number of halogens is 1. The van der Waals surface area contributed by atoms with E-state index < -0.39 is 0 Å². The van der Waals surface area contributed by atoms with Gasteiger partial charge in [-0.25, -0.2) is 9.97 Å². The second kappa shape index (κ2) is 6.73. The van der Waals surface area contributed by atoms with Gasteiger partial charge in [-0.3, -0.25) is 0 Å². The van der Waals surface area contributed by atoms with Crippen molar-refractivity contribution in [1.29, 1.82) is 0 Å². The van der Waals surface area contributed by atoms with Gasteiger partial charge >= 0.3 is 0 Å². The highest BCUT2D eigenvalue weighted by Gasteiger charge is 2.06. The number of aromatic nitrogens is 3. The van der Waals surface area contributed by atoms with E-state index >= 15 is 0 Å². The molecular weight excluding hydrogens is 296 g/mol. The van der Waals surface area contributed by atoms with Crippen molar-refractivity contribution in [3.8, 4) is 5.69 Å². The van der Waals surface area contributed by atoms with Crippen LogP contribution in [-0.4, -0.2) is 14.5 Å². The normalized spacial score (nSPS) is 12.3. The summed E-state index contributed by atoms with van der Waals surface area (Å²) in [4.78, 5) is 8.18. The van der Waals surface area contributed by atoms with Crippen LogP contribution in [0.4, 0.5) is 0 Å². The Morgan fingerprint density at radius 1 is 1.27 bits per heavy atom. The molecule has 0 amide bonds. The van der Waals surface area contributed by atoms with Crippen LogP contribution in [0.25, 0.3) is 5.69 Å². The van der Waals surface area contributed by atoms with E-state index in [2.05, 4.69) is 46.5 Å². The second-order valence-electron chi connectivity index (χ2n) is 5.16. The molecule has 2 heterocycles. The van der Waals surface area contributed by atoms with Crippen LogP contribution in [0.5, 0.6) is 0 Å². The zero-order valence-corrected chi connectivity index (χ0v) is 13.0. The fourth-order valence-electron chi connectivity index (χ4n) is 2.27. The van der Waals surface area contributed by atoms with E-state index in [4.69, 9.17) is 11.6 Å². The molecule has 0 radical (unpaired) electrons. The summed E-state index contributed by atoms with van der Waals surface area (Å²) in [5, 5.41) is 4.02. The average molecular weight is 313 g/mol. The van der Waals surface area contributed by atoms with Gasteiger partial charge in [0.05, 0.1) is 6.33 Å². The van der Waals surface area contributed by atoms with Gasteiger partial charge in [0.1, 0.15) is 5.15 Å². The minimum Gasteiger partial charge on any atom is -0.306 e. The van der Waals surface area contributed by atoms with Crippen LogP contribution in [0.15, 0.2) is 61.3 Å². The summed E-state index contributed by atoms with van der Waals surface area (Å²) >= 11 is 5.80. The number of rotatable bonds is 5. The van der Waals surface area contributed by atoms with Crippen LogP contribution in [0.1, 0.15) is 24.1 Å². The van der Waals surface area contributed by atoms with Crippen molar-refractivity contribution < 1.29 is 0 Å². The molecule has 0 saturated carbocycles. The van der Waals surface area contributed by atoms with Gasteiger partial charge in [0.15, 0.2) is 0 Å². The molecule has 0 fully saturated rings. The number of hydrogen-bond acceptors (Lipinski definition) is 3. The summed E-state index contributed by atoms with van der Waals surface area (Å²) in [5.74, 6) is 0.